The SMILES string of the molecule is CC#Cc1cc(Cl)c(-c2c(O)n3n(c2=O)CCCCC3)c(OC)c1. The maximum Gasteiger partial charge on any atom is 0.278 e. The van der Waals surface area contributed by atoms with Crippen LogP contribution in [-0.2, 0) is 13.1 Å². The van der Waals surface area contributed by atoms with Crippen LogP contribution in [0.1, 0.15) is 31.7 Å². The van der Waals surface area contributed by atoms with E-state index in [-0.39, 0.29) is 17.0 Å². The second-order valence-electron chi connectivity index (χ2n) is 5.72. The van der Waals surface area contributed by atoms with Crippen molar-refractivity contribution in [3.05, 3.63) is 33.1 Å². The van der Waals surface area contributed by atoms with Crippen molar-refractivity contribution in [2.75, 3.05) is 7.11 Å². The Morgan fingerprint density at radius 2 is 1.88 bits per heavy atom. The molecule has 5 nitrogen and oxygen atoms in total. The average Bonchev–Trinajstić information content (AvgIpc) is 2.75. The molecule has 0 spiro atoms. The van der Waals surface area contributed by atoms with Gasteiger partial charge in [0.2, 0.25) is 5.88 Å². The lowest BCUT2D eigenvalue weighted by Gasteiger charge is -2.10. The number of hydrogen-bond donors (Lipinski definition) is 1. The molecule has 0 atom stereocenters. The summed E-state index contributed by atoms with van der Waals surface area (Å²) in [6.45, 7) is 2.93. The molecule has 0 fully saturated rings. The molecule has 0 aliphatic carbocycles. The van der Waals surface area contributed by atoms with Crippen molar-refractivity contribution in [1.82, 2.24) is 9.36 Å². The number of methoxy groups -OCH3 is 1. The van der Waals surface area contributed by atoms with Crippen LogP contribution in [0.25, 0.3) is 11.1 Å². The molecule has 24 heavy (non-hydrogen) atoms. The predicted molar refractivity (Wildman–Crippen MR) is 93.8 cm³/mol. The molecule has 2 aromatic rings. The topological polar surface area (TPSA) is 56.4 Å². The van der Waals surface area contributed by atoms with E-state index in [0.717, 1.165) is 19.3 Å². The van der Waals surface area contributed by atoms with Crippen molar-refractivity contribution in [2.24, 2.45) is 0 Å². The van der Waals surface area contributed by atoms with Gasteiger partial charge in [-0.2, -0.15) is 0 Å². The number of rotatable bonds is 2. The second kappa shape index (κ2) is 6.66. The van der Waals surface area contributed by atoms with E-state index >= 15 is 0 Å². The molecule has 0 amide bonds. The summed E-state index contributed by atoms with van der Waals surface area (Å²) in [7, 11) is 1.51. The van der Waals surface area contributed by atoms with Gasteiger partial charge in [-0.05, 0) is 38.3 Å². The zero-order valence-electron chi connectivity index (χ0n) is 13.7. The molecule has 1 aliphatic heterocycles. The van der Waals surface area contributed by atoms with Gasteiger partial charge in [-0.1, -0.05) is 17.5 Å². The third kappa shape index (κ3) is 2.67. The highest BCUT2D eigenvalue weighted by atomic mass is 35.5. The van der Waals surface area contributed by atoms with E-state index in [1.165, 1.54) is 7.11 Å². The number of aromatic nitrogens is 2. The summed E-state index contributed by atoms with van der Waals surface area (Å²) in [6.07, 6.45) is 2.88. The molecular weight excluding hydrogens is 328 g/mol. The highest BCUT2D eigenvalue weighted by Crippen LogP contribution is 2.40. The first kappa shape index (κ1) is 16.5. The van der Waals surface area contributed by atoms with Crippen LogP contribution in [-0.4, -0.2) is 21.6 Å². The van der Waals surface area contributed by atoms with Gasteiger partial charge in [0.1, 0.15) is 11.3 Å². The minimum atomic E-state index is -0.246. The van der Waals surface area contributed by atoms with E-state index < -0.39 is 0 Å². The lowest BCUT2D eigenvalue weighted by Crippen LogP contribution is -2.22. The van der Waals surface area contributed by atoms with Crippen LogP contribution in [0.4, 0.5) is 0 Å². The number of hydrogen-bond acceptors (Lipinski definition) is 3. The molecule has 0 saturated carbocycles. The first-order chi connectivity index (χ1) is 11.6. The normalized spacial score (nSPS) is 13.6. The average molecular weight is 347 g/mol. The molecular formula is C18H19ClN2O3. The molecule has 3 rings (SSSR count). The molecule has 126 valence electrons. The highest BCUT2D eigenvalue weighted by Gasteiger charge is 2.26. The van der Waals surface area contributed by atoms with Gasteiger partial charge in [0.05, 0.1) is 17.7 Å². The molecule has 0 saturated heterocycles. The van der Waals surface area contributed by atoms with Crippen LogP contribution in [0.5, 0.6) is 11.6 Å². The van der Waals surface area contributed by atoms with Gasteiger partial charge in [0.25, 0.3) is 5.56 Å². The summed E-state index contributed by atoms with van der Waals surface area (Å²) in [5.41, 5.74) is 1.05. The van der Waals surface area contributed by atoms with E-state index in [1.807, 2.05) is 0 Å². The van der Waals surface area contributed by atoms with Gasteiger partial charge in [-0.25, -0.2) is 4.68 Å². The first-order valence-corrected chi connectivity index (χ1v) is 8.29. The molecule has 0 unspecified atom stereocenters. The first-order valence-electron chi connectivity index (χ1n) is 7.91. The highest BCUT2D eigenvalue weighted by molar-refractivity contribution is 6.34. The Morgan fingerprint density at radius 1 is 1.17 bits per heavy atom. The smallest absolute Gasteiger partial charge is 0.278 e. The van der Waals surface area contributed by atoms with Crippen LogP contribution in [0.2, 0.25) is 5.02 Å². The van der Waals surface area contributed by atoms with Crippen LogP contribution < -0.4 is 10.3 Å². The summed E-state index contributed by atoms with van der Waals surface area (Å²) in [5, 5.41) is 11.0. The van der Waals surface area contributed by atoms with Crippen molar-refractivity contribution in [3.63, 3.8) is 0 Å². The Balaban J connectivity index is 2.26. The lowest BCUT2D eigenvalue weighted by atomic mass is 10.0. The van der Waals surface area contributed by atoms with Crippen LogP contribution in [0, 0.1) is 11.8 Å². The summed E-state index contributed by atoms with van der Waals surface area (Å²) >= 11 is 6.41. The predicted octanol–water partition coefficient (Wildman–Crippen LogP) is 3.24. The van der Waals surface area contributed by atoms with Gasteiger partial charge in [0, 0.05) is 18.7 Å². The quantitative estimate of drug-likeness (QED) is 0.849. The van der Waals surface area contributed by atoms with Crippen LogP contribution in [0.15, 0.2) is 16.9 Å². The standard InChI is InChI=1S/C18H19ClN2O3/c1-3-7-12-10-13(19)15(14(11-12)24-2)16-17(22)20-8-5-4-6-9-21(20)18(16)23/h10-11,22H,4-6,8-9H2,1-2H3. The minimum absolute atomic E-state index is 0.0589. The molecule has 1 aromatic heterocycles. The Labute approximate surface area is 145 Å². The van der Waals surface area contributed by atoms with Crippen molar-refractivity contribution in [3.8, 4) is 34.6 Å². The third-order valence-corrected chi connectivity index (χ3v) is 4.54. The Kier molecular flexibility index (Phi) is 4.59. The number of nitrogens with zero attached hydrogens (tertiary/aromatic N) is 2. The van der Waals surface area contributed by atoms with E-state index in [0.29, 0.717) is 35.0 Å². The van der Waals surface area contributed by atoms with Crippen LogP contribution in [0.3, 0.4) is 0 Å². The molecule has 1 N–H and O–H groups in total. The largest absolute Gasteiger partial charge is 0.496 e. The van der Waals surface area contributed by atoms with Crippen molar-refractivity contribution in [1.29, 1.82) is 0 Å². The Hall–Kier alpha value is -2.32. The van der Waals surface area contributed by atoms with E-state index in [1.54, 1.807) is 28.4 Å². The molecule has 1 aliphatic rings. The fraction of sp³-hybridized carbons (Fsp3) is 0.389. The van der Waals surface area contributed by atoms with E-state index in [4.69, 9.17) is 16.3 Å². The van der Waals surface area contributed by atoms with Gasteiger partial charge in [0.15, 0.2) is 0 Å². The van der Waals surface area contributed by atoms with Crippen molar-refractivity contribution >= 4 is 11.6 Å². The maximum absolute atomic E-state index is 12.9. The summed E-state index contributed by atoms with van der Waals surface area (Å²) < 4.78 is 8.64. The number of fused-ring (bicyclic) bond motifs is 1. The summed E-state index contributed by atoms with van der Waals surface area (Å²) in [4.78, 5) is 12.9. The molecule has 1 aromatic carbocycles. The maximum atomic E-state index is 12.9. The lowest BCUT2D eigenvalue weighted by molar-refractivity contribution is 0.365. The van der Waals surface area contributed by atoms with Gasteiger partial charge in [-0.3, -0.25) is 9.48 Å². The van der Waals surface area contributed by atoms with Gasteiger partial charge < -0.3 is 9.84 Å². The van der Waals surface area contributed by atoms with Crippen molar-refractivity contribution in [2.45, 2.75) is 39.3 Å². The zero-order valence-corrected chi connectivity index (χ0v) is 14.5. The van der Waals surface area contributed by atoms with Gasteiger partial charge in [-0.15, -0.1) is 5.92 Å². The fourth-order valence-electron chi connectivity index (χ4n) is 3.15. The number of halogens is 1. The van der Waals surface area contributed by atoms with E-state index in [9.17, 15) is 9.90 Å². The Bertz CT molecular complexity index is 900. The Morgan fingerprint density at radius 3 is 2.54 bits per heavy atom. The third-order valence-electron chi connectivity index (χ3n) is 4.24. The monoisotopic (exact) mass is 346 g/mol. The zero-order chi connectivity index (χ0) is 17.3. The number of ether oxygens (including phenoxy) is 1. The summed E-state index contributed by atoms with van der Waals surface area (Å²) in [5.74, 6) is 6.10. The van der Waals surface area contributed by atoms with Gasteiger partial charge >= 0.3 is 0 Å². The number of aromatic hydroxyl groups is 1. The fourth-order valence-corrected chi connectivity index (χ4v) is 3.45. The van der Waals surface area contributed by atoms with Crippen molar-refractivity contribution < 1.29 is 9.84 Å². The molecule has 6 heteroatoms. The number of benzene rings is 1. The van der Waals surface area contributed by atoms with E-state index in [2.05, 4.69) is 11.8 Å². The van der Waals surface area contributed by atoms with Crippen LogP contribution >= 0.6 is 11.6 Å². The second-order valence-corrected chi connectivity index (χ2v) is 6.13. The molecule has 0 radical (unpaired) electrons. The molecule has 0 bridgehead atoms. The molecule has 2 heterocycles. The summed E-state index contributed by atoms with van der Waals surface area (Å²) in [6, 6.07) is 3.41. The minimum Gasteiger partial charge on any atom is -0.496 e.